The molecule has 0 saturated heterocycles. The van der Waals surface area contributed by atoms with E-state index in [0.29, 0.717) is 11.3 Å². The van der Waals surface area contributed by atoms with Crippen LogP contribution >= 0.6 is 0 Å². The van der Waals surface area contributed by atoms with Gasteiger partial charge in [0.05, 0.1) is 12.7 Å². The van der Waals surface area contributed by atoms with E-state index in [1.807, 2.05) is 36.4 Å². The average Bonchev–Trinajstić information content (AvgIpc) is 2.67. The summed E-state index contributed by atoms with van der Waals surface area (Å²) in [6.45, 7) is 0. The molecule has 0 atom stereocenters. The Morgan fingerprint density at radius 2 is 1.54 bits per heavy atom. The zero-order valence-electron chi connectivity index (χ0n) is 14.1. The Hall–Kier alpha value is -3.53. The van der Waals surface area contributed by atoms with Gasteiger partial charge < -0.3 is 14.6 Å². The summed E-state index contributed by atoms with van der Waals surface area (Å²) in [7, 11) is 1.43. The normalized spacial score (nSPS) is 10.8. The number of carbonyl (C=O) groups excluding carboxylic acids is 1. The number of aromatic hydroxyl groups is 1. The van der Waals surface area contributed by atoms with Crippen molar-refractivity contribution in [1.29, 1.82) is 0 Å². The van der Waals surface area contributed by atoms with Gasteiger partial charge in [-0.05, 0) is 52.6 Å². The average molecular weight is 344 g/mol. The molecule has 0 aliphatic heterocycles. The van der Waals surface area contributed by atoms with E-state index in [1.165, 1.54) is 25.3 Å². The molecule has 0 aromatic heterocycles. The number of rotatable bonds is 3. The summed E-state index contributed by atoms with van der Waals surface area (Å²) in [4.78, 5) is 12.5. The lowest BCUT2D eigenvalue weighted by atomic mass is 10.0. The van der Waals surface area contributed by atoms with E-state index in [0.717, 1.165) is 21.5 Å². The summed E-state index contributed by atoms with van der Waals surface area (Å²) in [6.07, 6.45) is 0. The first kappa shape index (κ1) is 16.0. The fraction of sp³-hybridized carbons (Fsp3) is 0.0455. The second-order valence-corrected chi connectivity index (χ2v) is 5.95. The molecule has 4 aromatic rings. The van der Waals surface area contributed by atoms with E-state index in [-0.39, 0.29) is 11.5 Å². The maximum absolute atomic E-state index is 12.5. The first-order valence-electron chi connectivity index (χ1n) is 8.16. The molecule has 128 valence electrons. The molecule has 1 N–H and O–H groups in total. The maximum Gasteiger partial charge on any atom is 0.343 e. The molecule has 0 aliphatic rings. The molecule has 0 radical (unpaired) electrons. The number of benzene rings is 4. The molecule has 0 aliphatic carbocycles. The molecule has 4 rings (SSSR count). The summed E-state index contributed by atoms with van der Waals surface area (Å²) >= 11 is 0. The van der Waals surface area contributed by atoms with Crippen LogP contribution in [0.3, 0.4) is 0 Å². The molecule has 4 nitrogen and oxygen atoms in total. The van der Waals surface area contributed by atoms with Crippen molar-refractivity contribution in [2.24, 2.45) is 0 Å². The molecular weight excluding hydrogens is 328 g/mol. The Bertz CT molecular complexity index is 1130. The number of methoxy groups -OCH3 is 1. The lowest BCUT2D eigenvalue weighted by Crippen LogP contribution is -2.08. The van der Waals surface area contributed by atoms with Gasteiger partial charge in [0.2, 0.25) is 0 Å². The van der Waals surface area contributed by atoms with Crippen LogP contribution in [0, 0.1) is 0 Å². The third-order valence-electron chi connectivity index (χ3n) is 4.32. The van der Waals surface area contributed by atoms with E-state index in [2.05, 4.69) is 12.1 Å². The Balaban J connectivity index is 1.74. The SMILES string of the molecule is COc1cc(C(=O)Oc2cccc3cc4ccccc4cc23)ccc1O. The Labute approximate surface area is 150 Å². The van der Waals surface area contributed by atoms with E-state index < -0.39 is 5.97 Å². The number of phenols is 1. The largest absolute Gasteiger partial charge is 0.504 e. The van der Waals surface area contributed by atoms with Crippen LogP contribution in [-0.2, 0) is 0 Å². The summed E-state index contributed by atoms with van der Waals surface area (Å²) < 4.78 is 10.7. The maximum atomic E-state index is 12.5. The van der Waals surface area contributed by atoms with Crippen molar-refractivity contribution in [3.63, 3.8) is 0 Å². The van der Waals surface area contributed by atoms with Gasteiger partial charge in [0, 0.05) is 5.39 Å². The van der Waals surface area contributed by atoms with Crippen molar-refractivity contribution >= 4 is 27.5 Å². The van der Waals surface area contributed by atoms with Gasteiger partial charge in [-0.1, -0.05) is 36.4 Å². The number of ether oxygens (including phenoxy) is 2. The van der Waals surface area contributed by atoms with E-state index >= 15 is 0 Å². The van der Waals surface area contributed by atoms with Crippen molar-refractivity contribution in [3.8, 4) is 17.2 Å². The van der Waals surface area contributed by atoms with Crippen molar-refractivity contribution in [2.75, 3.05) is 7.11 Å². The van der Waals surface area contributed by atoms with Crippen molar-refractivity contribution in [3.05, 3.63) is 78.4 Å². The minimum atomic E-state index is -0.510. The van der Waals surface area contributed by atoms with Crippen LogP contribution in [-0.4, -0.2) is 18.2 Å². The van der Waals surface area contributed by atoms with Crippen molar-refractivity contribution in [1.82, 2.24) is 0 Å². The number of fused-ring (bicyclic) bond motifs is 2. The van der Waals surface area contributed by atoms with E-state index in [9.17, 15) is 9.90 Å². The second-order valence-electron chi connectivity index (χ2n) is 5.95. The smallest absolute Gasteiger partial charge is 0.343 e. The Morgan fingerprint density at radius 3 is 2.31 bits per heavy atom. The van der Waals surface area contributed by atoms with Gasteiger partial charge in [0.1, 0.15) is 5.75 Å². The molecule has 0 saturated carbocycles. The van der Waals surface area contributed by atoms with Crippen LogP contribution < -0.4 is 9.47 Å². The van der Waals surface area contributed by atoms with Gasteiger partial charge in [-0.15, -0.1) is 0 Å². The molecule has 0 bridgehead atoms. The second kappa shape index (κ2) is 6.41. The van der Waals surface area contributed by atoms with E-state index in [4.69, 9.17) is 9.47 Å². The van der Waals surface area contributed by atoms with Crippen LogP contribution in [0.1, 0.15) is 10.4 Å². The van der Waals surface area contributed by atoms with Crippen molar-refractivity contribution < 1.29 is 19.4 Å². The fourth-order valence-corrected chi connectivity index (χ4v) is 2.99. The highest BCUT2D eigenvalue weighted by molar-refractivity contribution is 6.02. The molecule has 0 fully saturated rings. The summed E-state index contributed by atoms with van der Waals surface area (Å²) in [5.74, 6) is 0.179. The molecule has 0 heterocycles. The number of hydrogen-bond acceptors (Lipinski definition) is 4. The molecule has 26 heavy (non-hydrogen) atoms. The lowest BCUT2D eigenvalue weighted by molar-refractivity contribution is 0.0736. The predicted octanol–water partition coefficient (Wildman–Crippen LogP) is 4.93. The highest BCUT2D eigenvalue weighted by Gasteiger charge is 2.14. The topological polar surface area (TPSA) is 55.8 Å². The number of phenolic OH excluding ortho intramolecular Hbond substituents is 1. The molecule has 0 amide bonds. The molecule has 4 heteroatoms. The Morgan fingerprint density at radius 1 is 0.808 bits per heavy atom. The quantitative estimate of drug-likeness (QED) is 0.325. The van der Waals surface area contributed by atoms with Gasteiger partial charge in [0.15, 0.2) is 11.5 Å². The van der Waals surface area contributed by atoms with Crippen LogP contribution in [0.25, 0.3) is 21.5 Å². The predicted molar refractivity (Wildman–Crippen MR) is 101 cm³/mol. The molecule has 4 aromatic carbocycles. The Kier molecular flexibility index (Phi) is 3.93. The minimum Gasteiger partial charge on any atom is -0.504 e. The molecular formula is C22H16O4. The standard InChI is InChI=1S/C22H16O4/c1-25-21-13-17(9-10-19(21)23)22(24)26-20-8-4-7-16-11-14-5-2-3-6-15(14)12-18(16)20/h2-13,23H,1H3. The van der Waals surface area contributed by atoms with Crippen LogP contribution in [0.15, 0.2) is 72.8 Å². The first-order chi connectivity index (χ1) is 12.7. The summed E-state index contributed by atoms with van der Waals surface area (Å²) in [5, 5.41) is 13.7. The van der Waals surface area contributed by atoms with Gasteiger partial charge in [-0.3, -0.25) is 0 Å². The highest BCUT2D eigenvalue weighted by Crippen LogP contribution is 2.31. The minimum absolute atomic E-state index is 0.0271. The van der Waals surface area contributed by atoms with E-state index in [1.54, 1.807) is 6.07 Å². The number of carbonyl (C=O) groups is 1. The van der Waals surface area contributed by atoms with Gasteiger partial charge in [-0.25, -0.2) is 4.79 Å². The van der Waals surface area contributed by atoms with Crippen LogP contribution in [0.4, 0.5) is 0 Å². The highest BCUT2D eigenvalue weighted by atomic mass is 16.5. The zero-order valence-corrected chi connectivity index (χ0v) is 14.1. The molecule has 0 unspecified atom stereocenters. The third kappa shape index (κ3) is 2.82. The third-order valence-corrected chi connectivity index (χ3v) is 4.32. The fourth-order valence-electron chi connectivity index (χ4n) is 2.99. The first-order valence-corrected chi connectivity index (χ1v) is 8.16. The monoisotopic (exact) mass is 344 g/mol. The van der Waals surface area contributed by atoms with Crippen LogP contribution in [0.5, 0.6) is 17.2 Å². The number of esters is 1. The summed E-state index contributed by atoms with van der Waals surface area (Å²) in [5.41, 5.74) is 0.303. The van der Waals surface area contributed by atoms with Gasteiger partial charge in [-0.2, -0.15) is 0 Å². The number of hydrogen-bond donors (Lipinski definition) is 1. The summed E-state index contributed by atoms with van der Waals surface area (Å²) in [6, 6.07) is 22.1. The van der Waals surface area contributed by atoms with Crippen LogP contribution in [0.2, 0.25) is 0 Å². The lowest BCUT2D eigenvalue weighted by Gasteiger charge is -2.10. The van der Waals surface area contributed by atoms with Gasteiger partial charge >= 0.3 is 5.97 Å². The van der Waals surface area contributed by atoms with Gasteiger partial charge in [0.25, 0.3) is 0 Å². The molecule has 0 spiro atoms. The van der Waals surface area contributed by atoms with Crippen molar-refractivity contribution in [2.45, 2.75) is 0 Å². The zero-order chi connectivity index (χ0) is 18.1.